The molecule has 0 aliphatic heterocycles. The molecule has 3 aromatic heterocycles. The van der Waals surface area contributed by atoms with Gasteiger partial charge in [0, 0.05) is 12.1 Å². The zero-order valence-corrected chi connectivity index (χ0v) is 11.5. The third-order valence-electron chi connectivity index (χ3n) is 4.05. The molecule has 3 aromatic rings. The quantitative estimate of drug-likeness (QED) is 0.767. The van der Waals surface area contributed by atoms with Gasteiger partial charge in [-0.15, -0.1) is 0 Å². The van der Waals surface area contributed by atoms with Crippen molar-refractivity contribution in [3.8, 4) is 0 Å². The average Bonchev–Trinajstić information content (AvgIpc) is 3.42. The molecule has 0 aromatic carbocycles. The van der Waals surface area contributed by atoms with E-state index in [4.69, 9.17) is 0 Å². The van der Waals surface area contributed by atoms with Gasteiger partial charge in [0.2, 0.25) is 0 Å². The van der Waals surface area contributed by atoms with E-state index in [0.717, 1.165) is 28.4 Å². The molecule has 2 aliphatic rings. The Morgan fingerprint density at radius 1 is 1.14 bits per heavy atom. The van der Waals surface area contributed by atoms with Crippen LogP contribution in [0.3, 0.4) is 0 Å². The predicted molar refractivity (Wildman–Crippen MR) is 77.4 cm³/mol. The van der Waals surface area contributed by atoms with Crippen molar-refractivity contribution in [3.05, 3.63) is 24.4 Å². The summed E-state index contributed by atoms with van der Waals surface area (Å²) in [5, 5.41) is 14.8. The zero-order chi connectivity index (χ0) is 13.8. The Hall–Kier alpha value is -2.44. The van der Waals surface area contributed by atoms with Crippen LogP contribution in [0.4, 0.5) is 11.5 Å². The molecule has 0 bridgehead atoms. The van der Waals surface area contributed by atoms with E-state index in [2.05, 4.69) is 30.6 Å². The maximum atomic E-state index is 4.67. The highest BCUT2D eigenvalue weighted by Crippen LogP contribution is 2.39. The van der Waals surface area contributed by atoms with Crippen molar-refractivity contribution in [1.29, 1.82) is 0 Å². The smallest absolute Gasteiger partial charge is 0.160 e. The molecule has 21 heavy (non-hydrogen) atoms. The van der Waals surface area contributed by atoms with E-state index < -0.39 is 0 Å². The van der Waals surface area contributed by atoms with Crippen LogP contribution in [-0.2, 0) is 0 Å². The third-order valence-corrected chi connectivity index (χ3v) is 4.05. The number of anilines is 2. The maximum absolute atomic E-state index is 4.67. The summed E-state index contributed by atoms with van der Waals surface area (Å²) < 4.78 is 2.02. The van der Waals surface area contributed by atoms with E-state index in [0.29, 0.717) is 12.0 Å². The van der Waals surface area contributed by atoms with Gasteiger partial charge in [0.15, 0.2) is 5.82 Å². The van der Waals surface area contributed by atoms with Crippen molar-refractivity contribution in [3.63, 3.8) is 0 Å². The lowest BCUT2D eigenvalue weighted by Crippen LogP contribution is -2.00. The molecule has 2 fully saturated rings. The predicted octanol–water partition coefficient (Wildman–Crippen LogP) is 2.51. The van der Waals surface area contributed by atoms with E-state index in [1.54, 1.807) is 6.20 Å². The summed E-state index contributed by atoms with van der Waals surface area (Å²) >= 11 is 0. The van der Waals surface area contributed by atoms with Crippen molar-refractivity contribution >= 4 is 22.5 Å². The van der Waals surface area contributed by atoms with Crippen LogP contribution in [0, 0.1) is 0 Å². The number of nitrogens with one attached hydrogen (secondary N) is 2. The van der Waals surface area contributed by atoms with Crippen LogP contribution in [0.25, 0.3) is 11.0 Å². The van der Waals surface area contributed by atoms with Crippen LogP contribution in [0.2, 0.25) is 0 Å². The molecular formula is C14H15N7. The summed E-state index contributed by atoms with van der Waals surface area (Å²) in [6.07, 6.45) is 10.5. The van der Waals surface area contributed by atoms with Crippen molar-refractivity contribution < 1.29 is 0 Å². The first-order chi connectivity index (χ1) is 10.4. The van der Waals surface area contributed by atoms with Gasteiger partial charge >= 0.3 is 0 Å². The first-order valence-corrected chi connectivity index (χ1v) is 7.39. The van der Waals surface area contributed by atoms with Gasteiger partial charge in [-0.25, -0.2) is 9.97 Å². The highest BCUT2D eigenvalue weighted by atomic mass is 15.3. The van der Waals surface area contributed by atoms with Gasteiger partial charge in [0.1, 0.15) is 16.9 Å². The fourth-order valence-electron chi connectivity index (χ4n) is 2.55. The molecule has 0 spiro atoms. The third kappa shape index (κ3) is 1.96. The standard InChI is InChI=1S/C14H15N7/c1-2-8(1)13-18-11-6-15-20-12(11)14(19-13)17-9-5-16-21(7-9)10-3-4-10/h5-8,10H,1-4H2,(H,15,20)(H,17,18,19). The molecule has 0 amide bonds. The molecule has 2 N–H and O–H groups in total. The fraction of sp³-hybridized carbons (Fsp3) is 0.429. The van der Waals surface area contributed by atoms with Gasteiger partial charge in [-0.3, -0.25) is 9.78 Å². The Morgan fingerprint density at radius 3 is 2.86 bits per heavy atom. The van der Waals surface area contributed by atoms with Crippen LogP contribution in [-0.4, -0.2) is 29.9 Å². The minimum atomic E-state index is 0.513. The first-order valence-electron chi connectivity index (χ1n) is 7.39. The number of hydrogen-bond donors (Lipinski definition) is 2. The number of aromatic amines is 1. The van der Waals surface area contributed by atoms with E-state index in [1.807, 2.05) is 17.1 Å². The molecule has 3 heterocycles. The maximum Gasteiger partial charge on any atom is 0.160 e. The number of hydrogen-bond acceptors (Lipinski definition) is 5. The van der Waals surface area contributed by atoms with Gasteiger partial charge in [-0.2, -0.15) is 10.2 Å². The molecule has 2 saturated carbocycles. The largest absolute Gasteiger partial charge is 0.336 e. The monoisotopic (exact) mass is 281 g/mol. The molecular weight excluding hydrogens is 266 g/mol. The van der Waals surface area contributed by atoms with Gasteiger partial charge in [0.05, 0.1) is 24.1 Å². The lowest BCUT2D eigenvalue weighted by atomic mass is 10.3. The van der Waals surface area contributed by atoms with E-state index >= 15 is 0 Å². The summed E-state index contributed by atoms with van der Waals surface area (Å²) in [5.74, 6) is 2.22. The average molecular weight is 281 g/mol. The van der Waals surface area contributed by atoms with E-state index in [-0.39, 0.29) is 0 Å². The van der Waals surface area contributed by atoms with Crippen LogP contribution < -0.4 is 5.32 Å². The minimum absolute atomic E-state index is 0.513. The first kappa shape index (κ1) is 11.2. The molecule has 0 radical (unpaired) electrons. The van der Waals surface area contributed by atoms with Crippen molar-refractivity contribution in [2.24, 2.45) is 0 Å². The van der Waals surface area contributed by atoms with Gasteiger partial charge < -0.3 is 5.32 Å². The second-order valence-corrected chi connectivity index (χ2v) is 5.90. The zero-order valence-electron chi connectivity index (χ0n) is 11.5. The molecule has 0 unspecified atom stereocenters. The Kier molecular flexibility index (Phi) is 2.16. The molecule has 2 aliphatic carbocycles. The Bertz CT molecular complexity index is 810. The van der Waals surface area contributed by atoms with Crippen LogP contribution in [0.1, 0.15) is 43.5 Å². The fourth-order valence-corrected chi connectivity index (χ4v) is 2.55. The number of rotatable bonds is 4. The molecule has 0 atom stereocenters. The van der Waals surface area contributed by atoms with E-state index in [1.165, 1.54) is 25.7 Å². The number of nitrogens with zero attached hydrogens (tertiary/aromatic N) is 5. The minimum Gasteiger partial charge on any atom is -0.336 e. The van der Waals surface area contributed by atoms with Gasteiger partial charge in [-0.1, -0.05) is 0 Å². The van der Waals surface area contributed by atoms with Gasteiger partial charge in [0.25, 0.3) is 0 Å². The second kappa shape index (κ2) is 4.03. The van der Waals surface area contributed by atoms with Gasteiger partial charge in [-0.05, 0) is 25.7 Å². The second-order valence-electron chi connectivity index (χ2n) is 5.90. The van der Waals surface area contributed by atoms with Crippen LogP contribution in [0.15, 0.2) is 18.6 Å². The summed E-state index contributed by atoms with van der Waals surface area (Å²) in [4.78, 5) is 9.25. The Labute approximate surface area is 120 Å². The lowest BCUT2D eigenvalue weighted by molar-refractivity contribution is 0.642. The molecule has 106 valence electrons. The molecule has 7 heteroatoms. The number of fused-ring (bicyclic) bond motifs is 1. The van der Waals surface area contributed by atoms with Crippen LogP contribution in [0.5, 0.6) is 0 Å². The Balaban J connectivity index is 1.53. The van der Waals surface area contributed by atoms with Crippen molar-refractivity contribution in [1.82, 2.24) is 29.9 Å². The molecule has 7 nitrogen and oxygen atoms in total. The van der Waals surface area contributed by atoms with Crippen LogP contribution >= 0.6 is 0 Å². The normalized spacial score (nSPS) is 18.3. The molecule has 5 rings (SSSR count). The summed E-state index contributed by atoms with van der Waals surface area (Å²) in [7, 11) is 0. The molecule has 0 saturated heterocycles. The van der Waals surface area contributed by atoms with Crippen molar-refractivity contribution in [2.45, 2.75) is 37.6 Å². The number of aromatic nitrogens is 6. The highest BCUT2D eigenvalue weighted by molar-refractivity contribution is 5.86. The summed E-state index contributed by atoms with van der Waals surface area (Å²) in [6.45, 7) is 0. The topological polar surface area (TPSA) is 84.3 Å². The summed E-state index contributed by atoms with van der Waals surface area (Å²) in [5.41, 5.74) is 2.67. The SMILES string of the molecule is c1nn(C2CC2)cc1Nc1nc(C2CC2)nc2cn[nH]c12. The number of H-pyrrole nitrogens is 1. The van der Waals surface area contributed by atoms with Crippen molar-refractivity contribution in [2.75, 3.05) is 5.32 Å². The van der Waals surface area contributed by atoms with E-state index in [9.17, 15) is 0 Å². The summed E-state index contributed by atoms with van der Waals surface area (Å²) in [6, 6.07) is 0.583. The Morgan fingerprint density at radius 2 is 2.05 bits per heavy atom. The highest BCUT2D eigenvalue weighted by Gasteiger charge is 2.28. The lowest BCUT2D eigenvalue weighted by Gasteiger charge is -2.06.